The van der Waals surface area contributed by atoms with Crippen molar-refractivity contribution in [1.82, 2.24) is 4.72 Å². The highest BCUT2D eigenvalue weighted by molar-refractivity contribution is 7.90. The summed E-state index contributed by atoms with van der Waals surface area (Å²) in [6.45, 7) is 9.68. The van der Waals surface area contributed by atoms with E-state index in [0.717, 1.165) is 49.4 Å². The Morgan fingerprint density at radius 1 is 1.04 bits per heavy atom. The minimum atomic E-state index is -3.19. The average molecular weight is 413 g/mol. The lowest BCUT2D eigenvalue weighted by atomic mass is 9.86. The lowest BCUT2D eigenvalue weighted by molar-refractivity contribution is 0.288. The third kappa shape index (κ3) is 6.55. The van der Waals surface area contributed by atoms with Crippen LogP contribution in [0.4, 0.5) is 5.69 Å². The molecule has 6 nitrogen and oxygen atoms in total. The summed E-state index contributed by atoms with van der Waals surface area (Å²) >= 11 is 0. The van der Waals surface area contributed by atoms with Crippen LogP contribution in [0.25, 0.3) is 0 Å². The number of nitrogens with one attached hydrogen (secondary N) is 2. The molecule has 7 heteroatoms. The van der Waals surface area contributed by atoms with E-state index in [9.17, 15) is 8.42 Å². The van der Waals surface area contributed by atoms with Gasteiger partial charge in [-0.1, -0.05) is 6.92 Å². The van der Waals surface area contributed by atoms with Crippen molar-refractivity contribution in [3.05, 3.63) is 18.2 Å². The van der Waals surface area contributed by atoms with E-state index in [4.69, 9.17) is 9.47 Å². The van der Waals surface area contributed by atoms with E-state index in [2.05, 4.69) is 10.0 Å². The van der Waals surface area contributed by atoms with Crippen molar-refractivity contribution in [3.63, 3.8) is 0 Å². The Hall–Kier alpha value is -1.47. The van der Waals surface area contributed by atoms with Crippen LogP contribution in [0.15, 0.2) is 18.2 Å². The lowest BCUT2D eigenvalue weighted by Gasteiger charge is -2.30. The van der Waals surface area contributed by atoms with Crippen molar-refractivity contribution in [1.29, 1.82) is 0 Å². The van der Waals surface area contributed by atoms with Crippen LogP contribution in [-0.4, -0.2) is 39.5 Å². The summed E-state index contributed by atoms with van der Waals surface area (Å²) in [5.41, 5.74) is 1.02. The zero-order valence-corrected chi connectivity index (χ0v) is 18.5. The first-order valence-corrected chi connectivity index (χ1v) is 12.1. The van der Waals surface area contributed by atoms with Crippen LogP contribution >= 0.6 is 0 Å². The molecule has 1 fully saturated rings. The number of anilines is 1. The topological polar surface area (TPSA) is 76.7 Å². The van der Waals surface area contributed by atoms with Gasteiger partial charge in [-0.3, -0.25) is 0 Å². The Labute approximate surface area is 170 Å². The van der Waals surface area contributed by atoms with Gasteiger partial charge in [0.1, 0.15) is 0 Å². The fraction of sp³-hybridized carbons (Fsp3) is 0.714. The Balaban J connectivity index is 1.83. The SMILES string of the molecule is CCOc1ccc(NCC2CCC(NS(=O)(=O)C(C)CC)CC2)cc1OCC. The van der Waals surface area contributed by atoms with E-state index in [1.165, 1.54) is 0 Å². The molecule has 0 heterocycles. The molecule has 1 atom stereocenters. The van der Waals surface area contributed by atoms with E-state index in [0.29, 0.717) is 25.6 Å². The summed E-state index contributed by atoms with van der Waals surface area (Å²) in [4.78, 5) is 0. The standard InChI is InChI=1S/C21H36N2O4S/c1-5-16(4)28(24,25)23-18-10-8-17(9-11-18)15-22-19-12-13-20(26-6-2)21(14-19)27-7-3/h12-14,16-18,22-23H,5-11,15H2,1-4H3. The summed E-state index contributed by atoms with van der Waals surface area (Å²) < 4.78 is 38.7. The first-order valence-electron chi connectivity index (χ1n) is 10.5. The molecule has 0 aromatic heterocycles. The smallest absolute Gasteiger partial charge is 0.214 e. The van der Waals surface area contributed by atoms with Crippen LogP contribution in [0.2, 0.25) is 0 Å². The molecule has 0 bridgehead atoms. The molecule has 0 spiro atoms. The quantitative estimate of drug-likeness (QED) is 0.570. The van der Waals surface area contributed by atoms with Gasteiger partial charge in [-0.25, -0.2) is 13.1 Å². The second-order valence-electron chi connectivity index (χ2n) is 7.51. The van der Waals surface area contributed by atoms with E-state index >= 15 is 0 Å². The van der Waals surface area contributed by atoms with Crippen molar-refractivity contribution >= 4 is 15.7 Å². The molecule has 1 aliphatic carbocycles. The first kappa shape index (κ1) is 22.8. The van der Waals surface area contributed by atoms with Gasteiger partial charge in [-0.05, 0) is 70.9 Å². The lowest BCUT2D eigenvalue weighted by Crippen LogP contribution is -2.42. The second-order valence-corrected chi connectivity index (χ2v) is 9.64. The zero-order valence-electron chi connectivity index (χ0n) is 17.7. The van der Waals surface area contributed by atoms with Crippen LogP contribution in [0, 0.1) is 5.92 Å². The van der Waals surface area contributed by atoms with Gasteiger partial charge in [0.05, 0.1) is 18.5 Å². The molecule has 0 amide bonds. The summed E-state index contributed by atoms with van der Waals surface area (Å²) in [7, 11) is -3.19. The van der Waals surface area contributed by atoms with Crippen molar-refractivity contribution in [3.8, 4) is 11.5 Å². The molecule has 28 heavy (non-hydrogen) atoms. The summed E-state index contributed by atoms with van der Waals surface area (Å²) in [5, 5.41) is 3.17. The van der Waals surface area contributed by atoms with Crippen LogP contribution in [-0.2, 0) is 10.0 Å². The number of rotatable bonds is 11. The fourth-order valence-electron chi connectivity index (χ4n) is 3.48. The van der Waals surface area contributed by atoms with Crippen molar-refractivity contribution in [2.45, 2.75) is 71.1 Å². The summed E-state index contributed by atoms with van der Waals surface area (Å²) in [6.07, 6.45) is 4.48. The Bertz CT molecular complexity index is 700. The number of hydrogen-bond acceptors (Lipinski definition) is 5. The maximum absolute atomic E-state index is 12.2. The van der Waals surface area contributed by atoms with Gasteiger partial charge in [-0.15, -0.1) is 0 Å². The van der Waals surface area contributed by atoms with Crippen LogP contribution < -0.4 is 19.5 Å². The van der Waals surface area contributed by atoms with E-state index in [1.54, 1.807) is 6.92 Å². The fourth-order valence-corrected chi connectivity index (χ4v) is 4.85. The van der Waals surface area contributed by atoms with Crippen molar-refractivity contribution < 1.29 is 17.9 Å². The molecule has 1 aromatic rings. The second kappa shape index (κ2) is 10.9. The maximum atomic E-state index is 12.2. The number of sulfonamides is 1. The third-order valence-corrected chi connectivity index (χ3v) is 7.48. The molecule has 1 aliphatic rings. The minimum absolute atomic E-state index is 0.0743. The number of benzene rings is 1. The highest BCUT2D eigenvalue weighted by Crippen LogP contribution is 2.31. The molecule has 2 rings (SSSR count). The Kier molecular flexibility index (Phi) is 8.89. The summed E-state index contributed by atoms with van der Waals surface area (Å²) in [5.74, 6) is 2.08. The van der Waals surface area contributed by atoms with E-state index in [-0.39, 0.29) is 11.3 Å². The van der Waals surface area contributed by atoms with Crippen molar-refractivity contribution in [2.75, 3.05) is 25.1 Å². The van der Waals surface area contributed by atoms with Crippen LogP contribution in [0.3, 0.4) is 0 Å². The highest BCUT2D eigenvalue weighted by Gasteiger charge is 2.27. The third-order valence-electron chi connectivity index (χ3n) is 5.42. The highest BCUT2D eigenvalue weighted by atomic mass is 32.2. The Morgan fingerprint density at radius 3 is 2.29 bits per heavy atom. The van der Waals surface area contributed by atoms with Crippen LogP contribution in [0.1, 0.15) is 59.8 Å². The molecule has 1 aromatic carbocycles. The largest absolute Gasteiger partial charge is 0.490 e. The normalized spacial score (nSPS) is 21.1. The molecular weight excluding hydrogens is 376 g/mol. The maximum Gasteiger partial charge on any atom is 0.214 e. The minimum Gasteiger partial charge on any atom is -0.490 e. The molecule has 0 saturated heterocycles. The van der Waals surface area contributed by atoms with Gasteiger partial charge in [0.15, 0.2) is 11.5 Å². The number of ether oxygens (including phenoxy) is 2. The van der Waals surface area contributed by atoms with Gasteiger partial charge in [0.2, 0.25) is 10.0 Å². The van der Waals surface area contributed by atoms with Crippen molar-refractivity contribution in [2.24, 2.45) is 5.92 Å². The average Bonchev–Trinajstić information content (AvgIpc) is 2.68. The molecule has 2 N–H and O–H groups in total. The van der Waals surface area contributed by atoms with Gasteiger partial charge >= 0.3 is 0 Å². The van der Waals surface area contributed by atoms with Gasteiger partial charge < -0.3 is 14.8 Å². The molecular formula is C21H36N2O4S. The molecule has 160 valence electrons. The van der Waals surface area contributed by atoms with E-state index < -0.39 is 10.0 Å². The molecule has 1 saturated carbocycles. The zero-order chi connectivity index (χ0) is 20.6. The number of hydrogen-bond donors (Lipinski definition) is 2. The molecule has 0 radical (unpaired) electrons. The van der Waals surface area contributed by atoms with E-state index in [1.807, 2.05) is 39.0 Å². The molecule has 0 aliphatic heterocycles. The first-order chi connectivity index (χ1) is 13.4. The predicted octanol–water partition coefficient (Wildman–Crippen LogP) is 4.17. The predicted molar refractivity (Wildman–Crippen MR) is 115 cm³/mol. The van der Waals surface area contributed by atoms with Gasteiger partial charge in [-0.2, -0.15) is 0 Å². The van der Waals surface area contributed by atoms with Crippen LogP contribution in [0.5, 0.6) is 11.5 Å². The molecule has 1 unspecified atom stereocenters. The summed E-state index contributed by atoms with van der Waals surface area (Å²) in [6, 6.07) is 6.02. The van der Waals surface area contributed by atoms with Gasteiger partial charge in [0.25, 0.3) is 0 Å². The Morgan fingerprint density at radius 2 is 1.68 bits per heavy atom. The monoisotopic (exact) mass is 412 g/mol. The van der Waals surface area contributed by atoms with Gasteiger partial charge in [0, 0.05) is 24.3 Å².